The van der Waals surface area contributed by atoms with Gasteiger partial charge in [-0.05, 0) is 36.2 Å². The minimum absolute atomic E-state index is 0.420. The van der Waals surface area contributed by atoms with Gasteiger partial charge in [-0.15, -0.1) is 0 Å². The number of fused-ring (bicyclic) bond motifs is 2. The normalized spacial score (nSPS) is 30.1. The molecule has 27 heavy (non-hydrogen) atoms. The average Bonchev–Trinajstić information content (AvgIpc) is 3.33. The molecular formula is C19H18ClN3O4. The van der Waals surface area contributed by atoms with Crippen molar-refractivity contribution in [1.29, 1.82) is 0 Å². The van der Waals surface area contributed by atoms with Crippen molar-refractivity contribution >= 4 is 22.6 Å². The fraction of sp³-hybridized carbons (Fsp3) is 0.368. The Balaban J connectivity index is 1.50. The van der Waals surface area contributed by atoms with Crippen LogP contribution in [0.5, 0.6) is 0 Å². The number of ether oxygens (including phenoxy) is 2. The van der Waals surface area contributed by atoms with Gasteiger partial charge >= 0.3 is 0 Å². The zero-order valence-electron chi connectivity index (χ0n) is 14.5. The van der Waals surface area contributed by atoms with E-state index < -0.39 is 30.6 Å². The van der Waals surface area contributed by atoms with Gasteiger partial charge in [0.1, 0.15) is 36.4 Å². The lowest BCUT2D eigenvalue weighted by atomic mass is 9.97. The first kappa shape index (κ1) is 17.1. The van der Waals surface area contributed by atoms with Gasteiger partial charge in [0.25, 0.3) is 0 Å². The molecule has 5 atom stereocenters. The first-order chi connectivity index (χ1) is 13.0. The highest BCUT2D eigenvalue weighted by Gasteiger charge is 2.49. The third kappa shape index (κ3) is 2.58. The number of halogens is 1. The van der Waals surface area contributed by atoms with Crippen LogP contribution in [0.15, 0.2) is 36.8 Å². The van der Waals surface area contributed by atoms with Gasteiger partial charge in [0.2, 0.25) is 0 Å². The Bertz CT molecular complexity index is 1020. The highest BCUT2D eigenvalue weighted by Crippen LogP contribution is 2.43. The second kappa shape index (κ2) is 6.25. The molecule has 1 aromatic carbocycles. The van der Waals surface area contributed by atoms with Gasteiger partial charge in [0, 0.05) is 16.6 Å². The SMILES string of the molecule is Cc1ncnc2c1ccn2C1O[C@H]([C@@H]2OCc3ccc(Cl)cc32)[C@@H](O)[C@H]1O. The summed E-state index contributed by atoms with van der Waals surface area (Å²) in [6.45, 7) is 2.31. The van der Waals surface area contributed by atoms with Crippen LogP contribution in [0, 0.1) is 6.92 Å². The summed E-state index contributed by atoms with van der Waals surface area (Å²) in [5.41, 5.74) is 3.38. The van der Waals surface area contributed by atoms with E-state index in [-0.39, 0.29) is 0 Å². The zero-order chi connectivity index (χ0) is 18.7. The molecular weight excluding hydrogens is 370 g/mol. The number of aliphatic hydroxyl groups excluding tert-OH is 2. The minimum Gasteiger partial charge on any atom is -0.387 e. The fourth-order valence-electron chi connectivity index (χ4n) is 3.97. The van der Waals surface area contributed by atoms with Crippen LogP contribution < -0.4 is 0 Å². The first-order valence-electron chi connectivity index (χ1n) is 8.74. The smallest absolute Gasteiger partial charge is 0.164 e. The second-order valence-electron chi connectivity index (χ2n) is 6.97. The van der Waals surface area contributed by atoms with Crippen molar-refractivity contribution in [2.45, 2.75) is 44.2 Å². The maximum absolute atomic E-state index is 10.7. The summed E-state index contributed by atoms with van der Waals surface area (Å²) >= 11 is 6.12. The van der Waals surface area contributed by atoms with Crippen LogP contribution in [-0.4, -0.2) is 43.1 Å². The quantitative estimate of drug-likeness (QED) is 0.701. The third-order valence-electron chi connectivity index (χ3n) is 5.39. The van der Waals surface area contributed by atoms with Crippen LogP contribution in [0.25, 0.3) is 11.0 Å². The molecule has 0 amide bonds. The van der Waals surface area contributed by atoms with Crippen molar-refractivity contribution in [3.8, 4) is 0 Å². The Morgan fingerprint density at radius 1 is 1.19 bits per heavy atom. The molecule has 0 aliphatic carbocycles. The van der Waals surface area contributed by atoms with E-state index in [2.05, 4.69) is 9.97 Å². The van der Waals surface area contributed by atoms with Crippen molar-refractivity contribution in [1.82, 2.24) is 14.5 Å². The largest absolute Gasteiger partial charge is 0.387 e. The zero-order valence-corrected chi connectivity index (χ0v) is 15.2. The predicted octanol–water partition coefficient (Wildman–Crippen LogP) is 2.28. The van der Waals surface area contributed by atoms with Crippen LogP contribution >= 0.6 is 11.6 Å². The molecule has 8 heteroatoms. The number of hydrogen-bond donors (Lipinski definition) is 2. The van der Waals surface area contributed by atoms with E-state index in [1.54, 1.807) is 10.8 Å². The second-order valence-corrected chi connectivity index (χ2v) is 7.40. The number of aromatic nitrogens is 3. The van der Waals surface area contributed by atoms with Gasteiger partial charge < -0.3 is 24.3 Å². The van der Waals surface area contributed by atoms with Gasteiger partial charge in [0.15, 0.2) is 6.23 Å². The molecule has 1 fully saturated rings. The molecule has 2 aliphatic rings. The lowest BCUT2D eigenvalue weighted by molar-refractivity contribution is -0.104. The van der Waals surface area contributed by atoms with E-state index >= 15 is 0 Å². The van der Waals surface area contributed by atoms with Gasteiger partial charge in [0.05, 0.1) is 12.3 Å². The van der Waals surface area contributed by atoms with E-state index in [9.17, 15) is 10.2 Å². The summed E-state index contributed by atoms with van der Waals surface area (Å²) < 4.78 is 13.7. The van der Waals surface area contributed by atoms with E-state index in [1.165, 1.54) is 6.33 Å². The lowest BCUT2D eigenvalue weighted by Crippen LogP contribution is -2.34. The van der Waals surface area contributed by atoms with E-state index in [0.29, 0.717) is 17.3 Å². The topological polar surface area (TPSA) is 89.6 Å². The number of nitrogens with zero attached hydrogens (tertiary/aromatic N) is 3. The third-order valence-corrected chi connectivity index (χ3v) is 5.62. The maximum Gasteiger partial charge on any atom is 0.164 e. The summed E-state index contributed by atoms with van der Waals surface area (Å²) in [5.74, 6) is 0. The van der Waals surface area contributed by atoms with Crippen LogP contribution in [-0.2, 0) is 16.1 Å². The maximum atomic E-state index is 10.7. The Hall–Kier alpha value is -2.03. The molecule has 0 spiro atoms. The molecule has 0 radical (unpaired) electrons. The fourth-order valence-corrected chi connectivity index (χ4v) is 4.15. The Kier molecular flexibility index (Phi) is 3.96. The van der Waals surface area contributed by atoms with E-state index in [1.807, 2.05) is 31.2 Å². The highest BCUT2D eigenvalue weighted by atomic mass is 35.5. The summed E-state index contributed by atoms with van der Waals surface area (Å²) in [6, 6.07) is 7.42. The van der Waals surface area contributed by atoms with Gasteiger partial charge in [-0.25, -0.2) is 9.97 Å². The molecule has 2 aliphatic heterocycles. The summed E-state index contributed by atoms with van der Waals surface area (Å²) in [5, 5.41) is 22.8. The lowest BCUT2D eigenvalue weighted by Gasteiger charge is -2.22. The molecule has 7 nitrogen and oxygen atoms in total. The van der Waals surface area contributed by atoms with Crippen molar-refractivity contribution in [2.24, 2.45) is 0 Å². The number of aliphatic hydroxyl groups is 2. The molecule has 0 bridgehead atoms. The molecule has 2 aromatic heterocycles. The Morgan fingerprint density at radius 3 is 2.89 bits per heavy atom. The number of aryl methyl sites for hydroxylation is 1. The minimum atomic E-state index is -1.12. The van der Waals surface area contributed by atoms with Crippen LogP contribution in [0.3, 0.4) is 0 Å². The van der Waals surface area contributed by atoms with Crippen LogP contribution in [0.4, 0.5) is 0 Å². The van der Waals surface area contributed by atoms with Gasteiger partial charge in [-0.3, -0.25) is 0 Å². The molecule has 5 rings (SSSR count). The summed E-state index contributed by atoms with van der Waals surface area (Å²) in [6.07, 6.45) is -0.949. The number of hydrogen-bond acceptors (Lipinski definition) is 6. The molecule has 1 unspecified atom stereocenters. The monoisotopic (exact) mass is 387 g/mol. The average molecular weight is 388 g/mol. The van der Waals surface area contributed by atoms with E-state index in [0.717, 1.165) is 22.2 Å². The summed E-state index contributed by atoms with van der Waals surface area (Å²) in [7, 11) is 0. The predicted molar refractivity (Wildman–Crippen MR) is 97.2 cm³/mol. The van der Waals surface area contributed by atoms with Crippen molar-refractivity contribution in [2.75, 3.05) is 0 Å². The molecule has 3 aromatic rings. The Morgan fingerprint density at radius 2 is 2.04 bits per heavy atom. The van der Waals surface area contributed by atoms with Crippen molar-refractivity contribution in [3.63, 3.8) is 0 Å². The number of rotatable bonds is 2. The van der Waals surface area contributed by atoms with Crippen LogP contribution in [0.1, 0.15) is 29.2 Å². The number of benzene rings is 1. The molecule has 2 N–H and O–H groups in total. The molecule has 0 saturated carbocycles. The van der Waals surface area contributed by atoms with Gasteiger partial charge in [-0.2, -0.15) is 0 Å². The standard InChI is InChI=1S/C19H18ClN3O4/c1-9-12-4-5-23(18(12)22-8-21-9)19-15(25)14(24)17(27-19)16-13-6-11(20)3-2-10(13)7-26-16/h2-6,8,14-17,19,24-25H,7H2,1H3/t14-,15+,16+,17-,19?/m0/s1. The van der Waals surface area contributed by atoms with Crippen molar-refractivity contribution in [3.05, 3.63) is 58.6 Å². The molecule has 140 valence electrons. The van der Waals surface area contributed by atoms with E-state index in [4.69, 9.17) is 21.1 Å². The van der Waals surface area contributed by atoms with Crippen LogP contribution in [0.2, 0.25) is 5.02 Å². The molecule has 1 saturated heterocycles. The Labute approximate surface area is 160 Å². The highest BCUT2D eigenvalue weighted by molar-refractivity contribution is 6.30. The summed E-state index contributed by atoms with van der Waals surface area (Å²) in [4.78, 5) is 8.49. The van der Waals surface area contributed by atoms with Crippen molar-refractivity contribution < 1.29 is 19.7 Å². The first-order valence-corrected chi connectivity index (χ1v) is 9.12. The van der Waals surface area contributed by atoms with Gasteiger partial charge in [-0.1, -0.05) is 17.7 Å². The molecule has 4 heterocycles.